The van der Waals surface area contributed by atoms with Gasteiger partial charge in [-0.2, -0.15) is 8.78 Å². The Morgan fingerprint density at radius 1 is 1.03 bits per heavy atom. The molecule has 0 fully saturated rings. The fourth-order valence-corrected chi connectivity index (χ4v) is 4.52. The third-order valence-corrected chi connectivity index (χ3v) is 6.37. The Labute approximate surface area is 205 Å². The van der Waals surface area contributed by atoms with Gasteiger partial charge in [0.2, 0.25) is 5.91 Å². The molecule has 2 N–H and O–H groups in total. The van der Waals surface area contributed by atoms with Crippen molar-refractivity contribution in [3.8, 4) is 11.5 Å². The van der Waals surface area contributed by atoms with Crippen LogP contribution in [-0.4, -0.2) is 26.8 Å². The van der Waals surface area contributed by atoms with Crippen molar-refractivity contribution in [3.05, 3.63) is 78.4 Å². The lowest BCUT2D eigenvalue weighted by Gasteiger charge is -2.17. The van der Waals surface area contributed by atoms with E-state index in [4.69, 9.17) is 4.74 Å². The number of amides is 1. The summed E-state index contributed by atoms with van der Waals surface area (Å²) >= 11 is 0. The Balaban J connectivity index is 1.82. The van der Waals surface area contributed by atoms with E-state index < -0.39 is 21.8 Å². The molecule has 0 saturated carbocycles. The van der Waals surface area contributed by atoms with Crippen LogP contribution in [0.4, 0.5) is 20.2 Å². The van der Waals surface area contributed by atoms with Crippen molar-refractivity contribution in [1.29, 1.82) is 0 Å². The summed E-state index contributed by atoms with van der Waals surface area (Å²) in [7, 11) is -2.92. The molecular formula is C24H25F2N2O5PS. The Morgan fingerprint density at radius 2 is 1.74 bits per heavy atom. The highest BCUT2D eigenvalue weighted by Crippen LogP contribution is 2.32. The van der Waals surface area contributed by atoms with Crippen LogP contribution in [0.2, 0.25) is 0 Å². The number of halogens is 2. The first-order chi connectivity index (χ1) is 16.5. The number of hydrogen-bond donors (Lipinski definition) is 2. The van der Waals surface area contributed by atoms with Crippen molar-refractivity contribution in [3.63, 3.8) is 0 Å². The number of benzene rings is 3. The third-order valence-electron chi connectivity index (χ3n) is 4.83. The number of carbonyl (C=O) groups excluding carboxylic acids is 1. The topological polar surface area (TPSA) is 93.7 Å². The number of carbonyl (C=O) groups is 1. The van der Waals surface area contributed by atoms with Crippen molar-refractivity contribution in [2.24, 2.45) is 0 Å². The number of anilines is 2. The molecule has 11 heteroatoms. The number of hydrogen-bond acceptors (Lipinski definition) is 5. The molecule has 0 heterocycles. The maximum atomic E-state index is 13.1. The average Bonchev–Trinajstić information content (AvgIpc) is 2.78. The molecule has 0 bridgehead atoms. The SMILES string of the molecule is CCOc1cc(NC(=O)C(C)c2ccccc2)ccc1S(=O)(=O)Nc1cccc(OC(F)(F)P)c1. The van der Waals surface area contributed by atoms with Crippen LogP contribution in [0.5, 0.6) is 11.5 Å². The van der Waals surface area contributed by atoms with Gasteiger partial charge in [-0.05, 0) is 52.9 Å². The number of rotatable bonds is 10. The lowest BCUT2D eigenvalue weighted by atomic mass is 10.0. The molecular weight excluding hydrogens is 497 g/mol. The van der Waals surface area contributed by atoms with Crippen LogP contribution in [0, 0.1) is 0 Å². The number of nitrogens with one attached hydrogen (secondary N) is 2. The molecule has 3 rings (SSSR count). The van der Waals surface area contributed by atoms with Gasteiger partial charge in [0, 0.05) is 17.8 Å². The largest absolute Gasteiger partial charge is 0.492 e. The first-order valence-electron chi connectivity index (χ1n) is 10.6. The second-order valence-corrected chi connectivity index (χ2v) is 9.84. The van der Waals surface area contributed by atoms with Gasteiger partial charge in [0.1, 0.15) is 16.4 Å². The van der Waals surface area contributed by atoms with Crippen molar-refractivity contribution >= 4 is 36.5 Å². The van der Waals surface area contributed by atoms with Gasteiger partial charge in [0.15, 0.2) is 0 Å². The molecule has 1 amide bonds. The summed E-state index contributed by atoms with van der Waals surface area (Å²) in [5.74, 6) is -4.40. The summed E-state index contributed by atoms with van der Waals surface area (Å²) < 4.78 is 64.6. The van der Waals surface area contributed by atoms with E-state index in [1.807, 2.05) is 30.3 Å². The van der Waals surface area contributed by atoms with E-state index in [-0.39, 0.29) is 34.6 Å². The molecule has 0 aliphatic heterocycles. The van der Waals surface area contributed by atoms with Crippen LogP contribution in [0.1, 0.15) is 25.3 Å². The summed E-state index contributed by atoms with van der Waals surface area (Å²) in [6.07, 6.45) is 0. The maximum Gasteiger partial charge on any atom is 0.408 e. The molecule has 3 aromatic carbocycles. The van der Waals surface area contributed by atoms with Crippen LogP contribution < -0.4 is 19.5 Å². The summed E-state index contributed by atoms with van der Waals surface area (Å²) in [6.45, 7) is 3.63. The minimum atomic E-state index is -4.17. The molecule has 2 unspecified atom stereocenters. The second kappa shape index (κ2) is 11.0. The summed E-state index contributed by atoms with van der Waals surface area (Å²) in [4.78, 5) is 12.5. The fraction of sp³-hybridized carbons (Fsp3) is 0.208. The zero-order chi connectivity index (χ0) is 25.6. The summed E-state index contributed by atoms with van der Waals surface area (Å²) in [6, 6.07) is 18.6. The molecule has 0 aliphatic rings. The lowest BCUT2D eigenvalue weighted by Crippen LogP contribution is -2.19. The molecule has 0 radical (unpaired) electrons. The zero-order valence-electron chi connectivity index (χ0n) is 19.0. The molecule has 0 saturated heterocycles. The fourth-order valence-electron chi connectivity index (χ4n) is 3.21. The second-order valence-electron chi connectivity index (χ2n) is 7.51. The van der Waals surface area contributed by atoms with Crippen molar-refractivity contribution < 1.29 is 31.5 Å². The first kappa shape index (κ1) is 26.4. The molecule has 186 valence electrons. The van der Waals surface area contributed by atoms with E-state index in [1.54, 1.807) is 13.8 Å². The van der Waals surface area contributed by atoms with Crippen molar-refractivity contribution in [2.45, 2.75) is 30.5 Å². The minimum Gasteiger partial charge on any atom is -0.492 e. The quantitative estimate of drug-likeness (QED) is 0.346. The van der Waals surface area contributed by atoms with Gasteiger partial charge in [-0.1, -0.05) is 36.4 Å². The molecule has 0 aromatic heterocycles. The standard InChI is InChI=1S/C24H25F2N2O5PS/c1-3-32-21-15-18(27-23(29)16(2)17-8-5-4-6-9-17)12-13-22(21)35(30,31)28-19-10-7-11-20(14-19)33-24(25,26)34/h4-16,28H,3,34H2,1-2H3,(H,27,29). The number of ether oxygens (including phenoxy) is 2. The van der Waals surface area contributed by atoms with E-state index in [0.717, 1.165) is 11.6 Å². The van der Waals surface area contributed by atoms with E-state index in [1.165, 1.54) is 45.6 Å². The van der Waals surface area contributed by atoms with Crippen LogP contribution in [0.25, 0.3) is 0 Å². The lowest BCUT2D eigenvalue weighted by molar-refractivity contribution is -0.117. The Kier molecular flexibility index (Phi) is 8.30. The zero-order valence-corrected chi connectivity index (χ0v) is 21.0. The summed E-state index contributed by atoms with van der Waals surface area (Å²) in [5.41, 5.74) is 1.22. The highest BCUT2D eigenvalue weighted by Gasteiger charge is 2.25. The van der Waals surface area contributed by atoms with Crippen LogP contribution >= 0.6 is 9.24 Å². The summed E-state index contributed by atoms with van der Waals surface area (Å²) in [5, 5.41) is 2.77. The van der Waals surface area contributed by atoms with Crippen LogP contribution in [0.3, 0.4) is 0 Å². The van der Waals surface area contributed by atoms with Crippen molar-refractivity contribution in [2.75, 3.05) is 16.6 Å². The highest BCUT2D eigenvalue weighted by atomic mass is 32.2. The van der Waals surface area contributed by atoms with Gasteiger partial charge in [-0.15, -0.1) is 0 Å². The van der Waals surface area contributed by atoms with Gasteiger partial charge in [-0.3, -0.25) is 9.52 Å². The molecule has 2 atom stereocenters. The van der Waals surface area contributed by atoms with E-state index >= 15 is 0 Å². The predicted octanol–water partition coefficient (Wildman–Crippen LogP) is 5.43. The maximum absolute atomic E-state index is 13.1. The minimum absolute atomic E-state index is 0.0215. The van der Waals surface area contributed by atoms with Gasteiger partial charge in [-0.25, -0.2) is 8.42 Å². The smallest absolute Gasteiger partial charge is 0.408 e. The van der Waals surface area contributed by atoms with Gasteiger partial charge >= 0.3 is 5.85 Å². The van der Waals surface area contributed by atoms with Gasteiger partial charge in [0.25, 0.3) is 10.0 Å². The van der Waals surface area contributed by atoms with Crippen LogP contribution in [-0.2, 0) is 14.8 Å². The van der Waals surface area contributed by atoms with Crippen molar-refractivity contribution in [1.82, 2.24) is 0 Å². The highest BCUT2D eigenvalue weighted by molar-refractivity contribution is 7.92. The number of alkyl halides is 2. The van der Waals surface area contributed by atoms with Gasteiger partial charge < -0.3 is 14.8 Å². The molecule has 0 spiro atoms. The molecule has 35 heavy (non-hydrogen) atoms. The van der Waals surface area contributed by atoms with Crippen LogP contribution in [0.15, 0.2) is 77.7 Å². The Morgan fingerprint density at radius 3 is 2.40 bits per heavy atom. The Hall–Kier alpha value is -3.23. The average molecular weight is 523 g/mol. The first-order valence-corrected chi connectivity index (χ1v) is 12.7. The monoisotopic (exact) mass is 522 g/mol. The van der Waals surface area contributed by atoms with Gasteiger partial charge in [0.05, 0.1) is 18.2 Å². The number of sulfonamides is 1. The molecule has 0 aliphatic carbocycles. The van der Waals surface area contributed by atoms with E-state index in [2.05, 4.69) is 14.8 Å². The molecule has 3 aromatic rings. The van der Waals surface area contributed by atoms with E-state index in [9.17, 15) is 22.0 Å². The third kappa shape index (κ3) is 7.37. The molecule has 7 nitrogen and oxygen atoms in total. The predicted molar refractivity (Wildman–Crippen MR) is 134 cm³/mol. The normalized spacial score (nSPS) is 12.5. The van der Waals surface area contributed by atoms with E-state index in [0.29, 0.717) is 5.69 Å². The Bertz CT molecular complexity index is 1280.